The maximum Gasteiger partial charge on any atom is 0.223 e. The van der Waals surface area contributed by atoms with Crippen LogP contribution in [0.1, 0.15) is 43.4 Å². The largest absolute Gasteiger partial charge is 0.349 e. The van der Waals surface area contributed by atoms with E-state index >= 15 is 0 Å². The van der Waals surface area contributed by atoms with Gasteiger partial charge in [0.1, 0.15) is 0 Å². The number of carbonyl (C=O) groups excluding carboxylic acids is 1. The number of hydrogen-bond donors (Lipinski definition) is 1. The highest BCUT2D eigenvalue weighted by molar-refractivity contribution is 7.88. The van der Waals surface area contributed by atoms with Crippen LogP contribution in [0.25, 0.3) is 0 Å². The van der Waals surface area contributed by atoms with Gasteiger partial charge >= 0.3 is 0 Å². The number of carbonyl (C=O) groups is 1. The second-order valence-electron chi connectivity index (χ2n) is 7.44. The van der Waals surface area contributed by atoms with Gasteiger partial charge in [0.05, 0.1) is 11.8 Å². The van der Waals surface area contributed by atoms with Gasteiger partial charge in [-0.25, -0.2) is 12.7 Å². The first kappa shape index (κ1) is 21.8. The van der Waals surface area contributed by atoms with Crippen LogP contribution in [0.15, 0.2) is 54.6 Å². The molecule has 7 heteroatoms. The Labute approximate surface area is 178 Å². The Bertz CT molecular complexity index is 909. The van der Waals surface area contributed by atoms with Crippen LogP contribution in [-0.4, -0.2) is 31.7 Å². The van der Waals surface area contributed by atoms with E-state index in [0.717, 1.165) is 12.0 Å². The zero-order valence-corrected chi connectivity index (χ0v) is 18.1. The van der Waals surface area contributed by atoms with Crippen LogP contribution < -0.4 is 5.32 Å². The third-order valence-electron chi connectivity index (χ3n) is 5.41. The van der Waals surface area contributed by atoms with Gasteiger partial charge in [-0.1, -0.05) is 61.0 Å². The molecule has 0 radical (unpaired) electrons. The molecule has 5 nitrogen and oxygen atoms in total. The van der Waals surface area contributed by atoms with Gasteiger partial charge in [-0.3, -0.25) is 4.79 Å². The number of nitrogens with zero attached hydrogens (tertiary/aromatic N) is 1. The molecule has 0 aromatic heterocycles. The lowest BCUT2D eigenvalue weighted by molar-refractivity contribution is -0.126. The molecule has 1 aliphatic heterocycles. The van der Waals surface area contributed by atoms with Gasteiger partial charge in [0.15, 0.2) is 0 Å². The minimum Gasteiger partial charge on any atom is -0.349 e. The molecular formula is C22H27ClN2O3S. The van der Waals surface area contributed by atoms with Crippen molar-refractivity contribution in [3.05, 3.63) is 70.7 Å². The van der Waals surface area contributed by atoms with E-state index in [1.54, 1.807) is 24.3 Å². The molecule has 1 fully saturated rings. The van der Waals surface area contributed by atoms with E-state index in [1.165, 1.54) is 4.31 Å². The molecule has 1 atom stereocenters. The third-order valence-corrected chi connectivity index (χ3v) is 7.51. The first-order valence-electron chi connectivity index (χ1n) is 9.96. The van der Waals surface area contributed by atoms with Gasteiger partial charge in [-0.05, 0) is 42.5 Å². The number of rotatable bonds is 7. The summed E-state index contributed by atoms with van der Waals surface area (Å²) < 4.78 is 26.9. The topological polar surface area (TPSA) is 66.5 Å². The molecule has 156 valence electrons. The second kappa shape index (κ2) is 9.74. The molecule has 0 spiro atoms. The number of sulfonamides is 1. The molecule has 1 heterocycles. The predicted octanol–water partition coefficient (Wildman–Crippen LogP) is 4.15. The molecule has 2 aromatic carbocycles. The molecule has 2 aromatic rings. The molecule has 1 amide bonds. The van der Waals surface area contributed by atoms with Crippen molar-refractivity contribution in [3.63, 3.8) is 0 Å². The summed E-state index contributed by atoms with van der Waals surface area (Å²) in [6.07, 6.45) is 1.89. The number of halogens is 1. The molecule has 1 N–H and O–H groups in total. The highest BCUT2D eigenvalue weighted by Gasteiger charge is 2.31. The smallest absolute Gasteiger partial charge is 0.223 e. The molecule has 1 saturated heterocycles. The van der Waals surface area contributed by atoms with Crippen molar-refractivity contribution in [2.24, 2.45) is 5.92 Å². The van der Waals surface area contributed by atoms with Crippen LogP contribution in [0.2, 0.25) is 5.02 Å². The Kier molecular flexibility index (Phi) is 7.33. The summed E-state index contributed by atoms with van der Waals surface area (Å²) in [4.78, 5) is 12.7. The fourth-order valence-electron chi connectivity index (χ4n) is 3.67. The van der Waals surface area contributed by atoms with Crippen LogP contribution in [0.5, 0.6) is 0 Å². The zero-order valence-electron chi connectivity index (χ0n) is 16.6. The molecule has 0 bridgehead atoms. The van der Waals surface area contributed by atoms with Crippen LogP contribution >= 0.6 is 11.6 Å². The van der Waals surface area contributed by atoms with Crippen molar-refractivity contribution in [2.45, 2.75) is 38.0 Å². The van der Waals surface area contributed by atoms with Crippen molar-refractivity contribution >= 4 is 27.5 Å². The molecule has 0 unspecified atom stereocenters. The van der Waals surface area contributed by atoms with E-state index in [1.807, 2.05) is 37.3 Å². The molecule has 0 saturated carbocycles. The average molecular weight is 435 g/mol. The summed E-state index contributed by atoms with van der Waals surface area (Å²) in [5.41, 5.74) is 1.80. The lowest BCUT2D eigenvalue weighted by Crippen LogP contribution is -2.44. The number of amides is 1. The number of hydrogen-bond acceptors (Lipinski definition) is 3. The first-order chi connectivity index (χ1) is 13.9. The maximum atomic E-state index is 12.7. The van der Waals surface area contributed by atoms with Gasteiger partial charge in [-0.15, -0.1) is 0 Å². The van der Waals surface area contributed by atoms with Crippen molar-refractivity contribution in [2.75, 3.05) is 13.1 Å². The van der Waals surface area contributed by atoms with Crippen molar-refractivity contribution < 1.29 is 13.2 Å². The number of benzene rings is 2. The average Bonchev–Trinajstić information content (AvgIpc) is 2.74. The molecule has 3 rings (SSSR count). The summed E-state index contributed by atoms with van der Waals surface area (Å²) in [6, 6.07) is 16.7. The fraction of sp³-hybridized carbons (Fsp3) is 0.409. The van der Waals surface area contributed by atoms with E-state index in [2.05, 4.69) is 5.32 Å². The predicted molar refractivity (Wildman–Crippen MR) is 116 cm³/mol. The van der Waals surface area contributed by atoms with Crippen molar-refractivity contribution in [3.8, 4) is 0 Å². The van der Waals surface area contributed by atoms with Crippen LogP contribution in [-0.2, 0) is 20.6 Å². The lowest BCUT2D eigenvalue weighted by Gasteiger charge is -2.31. The third kappa shape index (κ3) is 5.81. The molecule has 0 aliphatic carbocycles. The zero-order chi connectivity index (χ0) is 20.9. The van der Waals surface area contributed by atoms with Gasteiger partial charge in [0.2, 0.25) is 15.9 Å². The minimum absolute atomic E-state index is 0.00968. The van der Waals surface area contributed by atoms with Crippen molar-refractivity contribution in [1.82, 2.24) is 9.62 Å². The highest BCUT2D eigenvalue weighted by Crippen LogP contribution is 2.24. The molecule has 29 heavy (non-hydrogen) atoms. The summed E-state index contributed by atoms with van der Waals surface area (Å²) in [6.45, 7) is 2.79. The van der Waals surface area contributed by atoms with E-state index in [0.29, 0.717) is 36.5 Å². The maximum absolute atomic E-state index is 12.7. The van der Waals surface area contributed by atoms with Gasteiger partial charge in [-0.2, -0.15) is 0 Å². The van der Waals surface area contributed by atoms with Crippen LogP contribution in [0, 0.1) is 5.92 Å². The highest BCUT2D eigenvalue weighted by atomic mass is 35.5. The fourth-order valence-corrected chi connectivity index (χ4v) is 5.36. The molecular weight excluding hydrogens is 408 g/mol. The normalized spacial score (nSPS) is 17.0. The SMILES string of the molecule is CC[C@H](NC(=O)C1CCN(S(=O)(=O)Cc2ccc(Cl)cc2)CC1)c1ccccc1. The Morgan fingerprint density at radius 3 is 2.31 bits per heavy atom. The summed E-state index contributed by atoms with van der Waals surface area (Å²) in [5.74, 6) is -0.197. The first-order valence-corrected chi connectivity index (χ1v) is 12.0. The Morgan fingerprint density at radius 2 is 1.72 bits per heavy atom. The van der Waals surface area contributed by atoms with Crippen LogP contribution in [0.4, 0.5) is 0 Å². The van der Waals surface area contributed by atoms with Crippen LogP contribution in [0.3, 0.4) is 0 Å². The Morgan fingerprint density at radius 1 is 1.10 bits per heavy atom. The van der Waals surface area contributed by atoms with Crippen molar-refractivity contribution in [1.29, 1.82) is 0 Å². The van der Waals surface area contributed by atoms with Gasteiger partial charge < -0.3 is 5.32 Å². The summed E-state index contributed by atoms with van der Waals surface area (Å²) in [5, 5.41) is 3.71. The summed E-state index contributed by atoms with van der Waals surface area (Å²) >= 11 is 5.87. The van der Waals surface area contributed by atoms with E-state index in [-0.39, 0.29) is 23.6 Å². The standard InChI is InChI=1S/C22H27ClN2O3S/c1-2-21(18-6-4-3-5-7-18)24-22(26)19-12-14-25(15-13-19)29(27,28)16-17-8-10-20(23)11-9-17/h3-11,19,21H,2,12-16H2,1H3,(H,24,26)/t21-/m0/s1. The van der Waals surface area contributed by atoms with Gasteiger partial charge in [0.25, 0.3) is 0 Å². The minimum atomic E-state index is -3.41. The summed E-state index contributed by atoms with van der Waals surface area (Å²) in [7, 11) is -3.41. The quantitative estimate of drug-likeness (QED) is 0.711. The Hall–Kier alpha value is -1.89. The lowest BCUT2D eigenvalue weighted by atomic mass is 9.96. The number of nitrogens with one attached hydrogen (secondary N) is 1. The Balaban J connectivity index is 1.55. The van der Waals surface area contributed by atoms with E-state index in [4.69, 9.17) is 11.6 Å². The van der Waals surface area contributed by atoms with E-state index in [9.17, 15) is 13.2 Å². The monoisotopic (exact) mass is 434 g/mol. The van der Waals surface area contributed by atoms with E-state index < -0.39 is 10.0 Å². The second-order valence-corrected chi connectivity index (χ2v) is 9.84. The molecule has 1 aliphatic rings. The number of piperidine rings is 1. The van der Waals surface area contributed by atoms with Gasteiger partial charge in [0, 0.05) is 24.0 Å².